The predicted octanol–water partition coefficient (Wildman–Crippen LogP) is -0.395. The molecule has 1 fully saturated rings. The molecule has 1 aromatic rings. The fourth-order valence-electron chi connectivity index (χ4n) is 2.02. The van der Waals surface area contributed by atoms with Gasteiger partial charge in [-0.1, -0.05) is 27.7 Å². The van der Waals surface area contributed by atoms with Crippen LogP contribution in [0.5, 0.6) is 11.5 Å². The molecule has 0 amide bonds. The number of benzene rings is 1. The molecule has 0 unspecified atom stereocenters. The van der Waals surface area contributed by atoms with Gasteiger partial charge in [-0.25, -0.2) is 0 Å². The zero-order chi connectivity index (χ0) is 12.7. The van der Waals surface area contributed by atoms with E-state index in [2.05, 4.69) is 15.9 Å². The Hall–Kier alpha value is -0.920. The average molecular weight is 332 g/mol. The summed E-state index contributed by atoms with van der Waals surface area (Å²) in [6.45, 7) is 0.231. The highest BCUT2D eigenvalue weighted by Gasteiger charge is 2.33. The zero-order valence-corrected chi connectivity index (χ0v) is 11.6. The lowest BCUT2D eigenvalue weighted by molar-refractivity contribution is -0.690. The minimum absolute atomic E-state index is 0.0387. The number of rotatable bonds is 2. The largest absolute Gasteiger partial charge is 0.544 e. The van der Waals surface area contributed by atoms with E-state index in [0.717, 1.165) is 10.0 Å². The Bertz CT molecular complexity index is 510. The molecule has 0 bridgehead atoms. The smallest absolute Gasteiger partial charge is 0.231 e. The van der Waals surface area contributed by atoms with Crippen molar-refractivity contribution in [3.05, 3.63) is 22.2 Å². The molecule has 2 N–H and O–H groups in total. The van der Waals surface area contributed by atoms with Crippen molar-refractivity contribution in [1.29, 1.82) is 0 Å². The average Bonchev–Trinajstić information content (AvgIpc) is 2.94. The van der Waals surface area contributed by atoms with Crippen molar-refractivity contribution < 1.29 is 24.7 Å². The van der Waals surface area contributed by atoms with Crippen LogP contribution in [0.15, 0.2) is 16.6 Å². The Kier molecular flexibility index (Phi) is 3.13. The molecule has 0 aliphatic carbocycles. The third-order valence-electron chi connectivity index (χ3n) is 2.96. The molecule has 0 aromatic heterocycles. The predicted molar refractivity (Wildman–Crippen MR) is 66.2 cm³/mol. The Labute approximate surface area is 116 Å². The van der Waals surface area contributed by atoms with E-state index in [4.69, 9.17) is 9.47 Å². The lowest BCUT2D eigenvalue weighted by Crippen LogP contribution is -2.90. The second-order valence-corrected chi connectivity index (χ2v) is 6.13. The van der Waals surface area contributed by atoms with Crippen molar-refractivity contribution in [3.8, 4) is 11.5 Å². The van der Waals surface area contributed by atoms with Crippen LogP contribution in [0.25, 0.3) is 0 Å². The van der Waals surface area contributed by atoms with Gasteiger partial charge in [0.2, 0.25) is 6.79 Å². The van der Waals surface area contributed by atoms with E-state index in [0.29, 0.717) is 17.3 Å². The molecular weight excluding hydrogens is 322 g/mol. The highest BCUT2D eigenvalue weighted by Crippen LogP contribution is 2.41. The molecule has 5 nitrogen and oxygen atoms in total. The molecule has 2 atom stereocenters. The van der Waals surface area contributed by atoms with Gasteiger partial charge in [0.05, 0.1) is 5.75 Å². The molecular formula is C11H10BrNO4S. The van der Waals surface area contributed by atoms with E-state index >= 15 is 0 Å². The number of carboxylic acids is 1. The fourth-order valence-corrected chi connectivity index (χ4v) is 4.08. The summed E-state index contributed by atoms with van der Waals surface area (Å²) in [7, 11) is 0. The Morgan fingerprint density at radius 1 is 1.44 bits per heavy atom. The number of ether oxygens (including phenoxy) is 2. The van der Waals surface area contributed by atoms with Crippen molar-refractivity contribution in [1.82, 2.24) is 0 Å². The summed E-state index contributed by atoms with van der Waals surface area (Å²) in [5.74, 6) is 0.958. The monoisotopic (exact) mass is 331 g/mol. The van der Waals surface area contributed by atoms with Gasteiger partial charge in [-0.05, 0) is 12.1 Å². The summed E-state index contributed by atoms with van der Waals surface area (Å²) in [4.78, 5) is 10.8. The highest BCUT2D eigenvalue weighted by molar-refractivity contribution is 9.10. The summed E-state index contributed by atoms with van der Waals surface area (Å²) in [6, 6.07) is 3.27. The number of hydrogen-bond acceptors (Lipinski definition) is 5. The van der Waals surface area contributed by atoms with Crippen LogP contribution in [-0.2, 0) is 4.79 Å². The summed E-state index contributed by atoms with van der Waals surface area (Å²) >= 11 is 5.07. The van der Waals surface area contributed by atoms with Crippen molar-refractivity contribution >= 4 is 33.7 Å². The fraction of sp³-hybridized carbons (Fsp3) is 0.364. The maximum Gasteiger partial charge on any atom is 0.231 e. The minimum atomic E-state index is -1.01. The molecule has 18 heavy (non-hydrogen) atoms. The number of carboxylic acid groups (broad SMARTS) is 1. The molecule has 0 saturated carbocycles. The Morgan fingerprint density at radius 3 is 2.83 bits per heavy atom. The standard InChI is InChI=1S/C11H10BrNO4S/c12-6-2-9-8(16-4-17-9)1-5(6)10-13-7(3-18-10)11(14)15/h1-2,7,10,13H,3-4H2,(H,14,15)/t7-,10+/m0/s1. The van der Waals surface area contributed by atoms with E-state index in [1.54, 1.807) is 11.8 Å². The van der Waals surface area contributed by atoms with Gasteiger partial charge in [-0.2, -0.15) is 0 Å². The van der Waals surface area contributed by atoms with Gasteiger partial charge in [0.1, 0.15) is 12.0 Å². The highest BCUT2D eigenvalue weighted by atomic mass is 79.9. The number of fused-ring (bicyclic) bond motifs is 1. The second-order valence-electron chi connectivity index (χ2n) is 4.10. The second kappa shape index (κ2) is 4.64. The summed E-state index contributed by atoms with van der Waals surface area (Å²) < 4.78 is 11.5. The number of halogens is 1. The molecule has 0 radical (unpaired) electrons. The first kappa shape index (κ1) is 12.1. The normalized spacial score (nSPS) is 25.4. The van der Waals surface area contributed by atoms with E-state index < -0.39 is 12.0 Å². The van der Waals surface area contributed by atoms with Gasteiger partial charge in [0, 0.05) is 10.0 Å². The Morgan fingerprint density at radius 2 is 2.17 bits per heavy atom. The maximum atomic E-state index is 10.8. The maximum absolute atomic E-state index is 10.8. The number of aliphatic carboxylic acids is 1. The number of nitrogens with two attached hydrogens (primary N) is 1. The minimum Gasteiger partial charge on any atom is -0.544 e. The number of thioether (sulfide) groups is 1. The van der Waals surface area contributed by atoms with E-state index in [1.165, 1.54) is 0 Å². The van der Waals surface area contributed by atoms with E-state index in [9.17, 15) is 9.90 Å². The molecule has 96 valence electrons. The molecule has 0 spiro atoms. The van der Waals surface area contributed by atoms with Crippen LogP contribution in [0.1, 0.15) is 10.9 Å². The first-order chi connectivity index (χ1) is 8.65. The Balaban J connectivity index is 1.87. The van der Waals surface area contributed by atoms with Crippen molar-refractivity contribution in [2.24, 2.45) is 0 Å². The molecule has 1 aromatic carbocycles. The van der Waals surface area contributed by atoms with Crippen LogP contribution < -0.4 is 19.9 Å². The summed E-state index contributed by atoms with van der Waals surface area (Å²) in [6.07, 6.45) is 0. The SMILES string of the molecule is O=C([O-])[C@@H]1CS[C@H](c2cc3c(cc2Br)OCO3)[NH2+]1. The molecule has 2 aliphatic heterocycles. The summed E-state index contributed by atoms with van der Waals surface area (Å²) in [5.41, 5.74) is 1.01. The van der Waals surface area contributed by atoms with Gasteiger partial charge in [-0.3, -0.25) is 0 Å². The molecule has 3 rings (SSSR count). The van der Waals surface area contributed by atoms with Gasteiger partial charge in [-0.15, -0.1) is 0 Å². The number of carbonyl (C=O) groups excluding carboxylic acids is 1. The molecule has 7 heteroatoms. The van der Waals surface area contributed by atoms with Gasteiger partial charge in [0.25, 0.3) is 0 Å². The van der Waals surface area contributed by atoms with Crippen LogP contribution in [0.4, 0.5) is 0 Å². The van der Waals surface area contributed by atoms with Crippen LogP contribution >= 0.6 is 27.7 Å². The van der Waals surface area contributed by atoms with Gasteiger partial charge < -0.3 is 24.7 Å². The van der Waals surface area contributed by atoms with Crippen LogP contribution in [0.2, 0.25) is 0 Å². The van der Waals surface area contributed by atoms with Crippen molar-refractivity contribution in [2.45, 2.75) is 11.4 Å². The van der Waals surface area contributed by atoms with Crippen LogP contribution in [-0.4, -0.2) is 24.6 Å². The van der Waals surface area contributed by atoms with Crippen molar-refractivity contribution in [2.75, 3.05) is 12.5 Å². The van der Waals surface area contributed by atoms with E-state index in [-0.39, 0.29) is 12.2 Å². The van der Waals surface area contributed by atoms with Gasteiger partial charge in [0.15, 0.2) is 16.9 Å². The lowest BCUT2D eigenvalue weighted by Gasteiger charge is -2.13. The van der Waals surface area contributed by atoms with E-state index in [1.807, 2.05) is 17.4 Å². The molecule has 1 saturated heterocycles. The zero-order valence-electron chi connectivity index (χ0n) is 9.22. The van der Waals surface area contributed by atoms with Crippen LogP contribution in [0.3, 0.4) is 0 Å². The van der Waals surface area contributed by atoms with Crippen LogP contribution in [0, 0.1) is 0 Å². The quantitative estimate of drug-likeness (QED) is 0.798. The lowest BCUT2D eigenvalue weighted by atomic mass is 10.2. The third kappa shape index (κ3) is 2.06. The first-order valence-corrected chi connectivity index (χ1v) is 7.26. The first-order valence-electron chi connectivity index (χ1n) is 5.41. The van der Waals surface area contributed by atoms with Crippen molar-refractivity contribution in [3.63, 3.8) is 0 Å². The van der Waals surface area contributed by atoms with Gasteiger partial charge >= 0.3 is 0 Å². The number of quaternary nitrogens is 1. The molecule has 2 aliphatic rings. The summed E-state index contributed by atoms with van der Waals surface area (Å²) in [5, 5.41) is 12.7. The number of hydrogen-bond donors (Lipinski definition) is 1. The molecule has 2 heterocycles. The number of carbonyl (C=O) groups is 1. The topological polar surface area (TPSA) is 75.2 Å². The third-order valence-corrected chi connectivity index (χ3v) is 4.97.